The predicted octanol–water partition coefficient (Wildman–Crippen LogP) is 2.27. The van der Waals surface area contributed by atoms with Gasteiger partial charge < -0.3 is 15.2 Å². The number of hydrogen-bond acceptors (Lipinski definition) is 3. The van der Waals surface area contributed by atoms with Crippen LogP contribution in [-0.2, 0) is 0 Å². The van der Waals surface area contributed by atoms with Gasteiger partial charge in [-0.1, -0.05) is 6.92 Å². The molecule has 1 rings (SSSR count). The molecule has 2 unspecified atom stereocenters. The fourth-order valence-electron chi connectivity index (χ4n) is 1.47. The molecule has 0 saturated carbocycles. The Balaban J connectivity index is 2.63. The maximum absolute atomic E-state index is 9.49. The molecule has 0 spiro atoms. The van der Waals surface area contributed by atoms with E-state index in [1.54, 1.807) is 14.0 Å². The number of benzene rings is 1. The molecule has 0 saturated heterocycles. The van der Waals surface area contributed by atoms with E-state index in [1.165, 1.54) is 0 Å². The molecule has 3 nitrogen and oxygen atoms in total. The van der Waals surface area contributed by atoms with Gasteiger partial charge in [0.1, 0.15) is 5.75 Å². The summed E-state index contributed by atoms with van der Waals surface area (Å²) >= 11 is 0. The summed E-state index contributed by atoms with van der Waals surface area (Å²) in [5.41, 5.74) is 1.00. The molecule has 0 amide bonds. The summed E-state index contributed by atoms with van der Waals surface area (Å²) in [4.78, 5) is 0. The van der Waals surface area contributed by atoms with E-state index in [1.807, 2.05) is 31.2 Å². The Hall–Kier alpha value is -1.22. The number of anilines is 1. The molecule has 3 heteroatoms. The normalized spacial score (nSPS) is 14.4. The third kappa shape index (κ3) is 3.44. The molecular weight excluding hydrogens is 190 g/mol. The van der Waals surface area contributed by atoms with Gasteiger partial charge in [-0.05, 0) is 37.6 Å². The van der Waals surface area contributed by atoms with Crippen LogP contribution in [0.1, 0.15) is 20.3 Å². The maximum atomic E-state index is 9.49. The Bertz CT molecular complexity index is 282. The Morgan fingerprint density at radius 3 is 2.33 bits per heavy atom. The fourth-order valence-corrected chi connectivity index (χ4v) is 1.47. The second kappa shape index (κ2) is 5.61. The molecule has 2 N–H and O–H groups in total. The summed E-state index contributed by atoms with van der Waals surface area (Å²) in [6.45, 7) is 3.85. The lowest BCUT2D eigenvalue weighted by molar-refractivity contribution is 0.169. The van der Waals surface area contributed by atoms with Crippen molar-refractivity contribution in [3.63, 3.8) is 0 Å². The standard InChI is InChI=1S/C12H19NO2/c1-4-12(9(2)14)13-10-5-7-11(15-3)8-6-10/h5-9,12-14H,4H2,1-3H3. The van der Waals surface area contributed by atoms with Crippen molar-refractivity contribution in [3.05, 3.63) is 24.3 Å². The van der Waals surface area contributed by atoms with E-state index < -0.39 is 0 Å². The lowest BCUT2D eigenvalue weighted by atomic mass is 10.1. The van der Waals surface area contributed by atoms with Gasteiger partial charge >= 0.3 is 0 Å². The molecule has 0 aliphatic heterocycles. The van der Waals surface area contributed by atoms with Crippen molar-refractivity contribution in [1.82, 2.24) is 0 Å². The monoisotopic (exact) mass is 209 g/mol. The van der Waals surface area contributed by atoms with E-state index in [4.69, 9.17) is 4.74 Å². The van der Waals surface area contributed by atoms with Crippen LogP contribution in [0.5, 0.6) is 5.75 Å². The fraction of sp³-hybridized carbons (Fsp3) is 0.500. The molecule has 1 aromatic rings. The first-order valence-electron chi connectivity index (χ1n) is 5.26. The summed E-state index contributed by atoms with van der Waals surface area (Å²) in [6.07, 6.45) is 0.543. The SMILES string of the molecule is CCC(Nc1ccc(OC)cc1)C(C)O. The minimum Gasteiger partial charge on any atom is -0.497 e. The molecule has 1 aromatic carbocycles. The number of hydrogen-bond donors (Lipinski definition) is 2. The van der Waals surface area contributed by atoms with Crippen LogP contribution in [0.15, 0.2) is 24.3 Å². The molecule has 0 heterocycles. The van der Waals surface area contributed by atoms with E-state index in [2.05, 4.69) is 5.32 Å². The Morgan fingerprint density at radius 1 is 1.33 bits per heavy atom. The van der Waals surface area contributed by atoms with Crippen molar-refractivity contribution in [2.75, 3.05) is 12.4 Å². The summed E-state index contributed by atoms with van der Waals surface area (Å²) < 4.78 is 5.07. The number of aliphatic hydroxyl groups is 1. The molecular formula is C12H19NO2. The van der Waals surface area contributed by atoms with E-state index in [9.17, 15) is 5.11 Å². The van der Waals surface area contributed by atoms with Gasteiger partial charge in [-0.25, -0.2) is 0 Å². The van der Waals surface area contributed by atoms with Gasteiger partial charge in [0.2, 0.25) is 0 Å². The van der Waals surface area contributed by atoms with Gasteiger partial charge in [0.15, 0.2) is 0 Å². The second-order valence-corrected chi connectivity index (χ2v) is 3.63. The average molecular weight is 209 g/mol. The van der Waals surface area contributed by atoms with Crippen LogP contribution >= 0.6 is 0 Å². The van der Waals surface area contributed by atoms with Crippen molar-refractivity contribution in [2.24, 2.45) is 0 Å². The Kier molecular flexibility index (Phi) is 4.43. The zero-order chi connectivity index (χ0) is 11.3. The van der Waals surface area contributed by atoms with Crippen molar-refractivity contribution >= 4 is 5.69 Å². The predicted molar refractivity (Wildman–Crippen MR) is 62.4 cm³/mol. The van der Waals surface area contributed by atoms with Gasteiger partial charge in [-0.15, -0.1) is 0 Å². The highest BCUT2D eigenvalue weighted by atomic mass is 16.5. The molecule has 84 valence electrons. The largest absolute Gasteiger partial charge is 0.497 e. The summed E-state index contributed by atoms with van der Waals surface area (Å²) in [5.74, 6) is 0.839. The molecule has 0 bridgehead atoms. The molecule has 0 radical (unpaired) electrons. The number of methoxy groups -OCH3 is 1. The van der Waals surface area contributed by atoms with Crippen molar-refractivity contribution in [3.8, 4) is 5.75 Å². The van der Waals surface area contributed by atoms with Crippen LogP contribution in [0, 0.1) is 0 Å². The number of rotatable bonds is 5. The smallest absolute Gasteiger partial charge is 0.119 e. The van der Waals surface area contributed by atoms with E-state index >= 15 is 0 Å². The lowest BCUT2D eigenvalue weighted by Crippen LogP contribution is -2.30. The molecule has 0 aromatic heterocycles. The first-order chi connectivity index (χ1) is 7.17. The molecule has 0 aliphatic carbocycles. The van der Waals surface area contributed by atoms with Crippen LogP contribution in [0.4, 0.5) is 5.69 Å². The zero-order valence-corrected chi connectivity index (χ0v) is 9.53. The molecule has 15 heavy (non-hydrogen) atoms. The van der Waals surface area contributed by atoms with E-state index in [0.717, 1.165) is 17.9 Å². The zero-order valence-electron chi connectivity index (χ0n) is 9.53. The van der Waals surface area contributed by atoms with Crippen molar-refractivity contribution < 1.29 is 9.84 Å². The Labute approximate surface area is 91.1 Å². The van der Waals surface area contributed by atoms with Crippen LogP contribution in [0.25, 0.3) is 0 Å². The van der Waals surface area contributed by atoms with Gasteiger partial charge in [-0.2, -0.15) is 0 Å². The van der Waals surface area contributed by atoms with Crippen molar-refractivity contribution in [1.29, 1.82) is 0 Å². The van der Waals surface area contributed by atoms with Crippen LogP contribution in [0.3, 0.4) is 0 Å². The number of ether oxygens (including phenoxy) is 1. The maximum Gasteiger partial charge on any atom is 0.119 e. The van der Waals surface area contributed by atoms with Gasteiger partial charge in [0.05, 0.1) is 19.3 Å². The summed E-state index contributed by atoms with van der Waals surface area (Å²) in [5, 5.41) is 12.8. The average Bonchev–Trinajstić information content (AvgIpc) is 2.26. The van der Waals surface area contributed by atoms with Crippen molar-refractivity contribution in [2.45, 2.75) is 32.4 Å². The highest BCUT2D eigenvalue weighted by molar-refractivity contribution is 5.47. The topological polar surface area (TPSA) is 41.5 Å². The second-order valence-electron chi connectivity index (χ2n) is 3.63. The van der Waals surface area contributed by atoms with E-state index in [0.29, 0.717) is 0 Å². The highest BCUT2D eigenvalue weighted by Gasteiger charge is 2.11. The third-order valence-electron chi connectivity index (χ3n) is 2.46. The molecule has 2 atom stereocenters. The summed E-state index contributed by atoms with van der Waals surface area (Å²) in [6, 6.07) is 7.79. The van der Waals surface area contributed by atoms with Crippen LogP contribution in [0.2, 0.25) is 0 Å². The number of nitrogens with one attached hydrogen (secondary N) is 1. The van der Waals surface area contributed by atoms with Gasteiger partial charge in [0, 0.05) is 5.69 Å². The van der Waals surface area contributed by atoms with Crippen LogP contribution in [-0.4, -0.2) is 24.4 Å². The van der Waals surface area contributed by atoms with Crippen LogP contribution < -0.4 is 10.1 Å². The van der Waals surface area contributed by atoms with E-state index in [-0.39, 0.29) is 12.1 Å². The first kappa shape index (κ1) is 11.9. The number of aliphatic hydroxyl groups excluding tert-OH is 1. The first-order valence-corrected chi connectivity index (χ1v) is 5.26. The minimum absolute atomic E-state index is 0.0957. The third-order valence-corrected chi connectivity index (χ3v) is 2.46. The quantitative estimate of drug-likeness (QED) is 0.781. The van der Waals surface area contributed by atoms with Gasteiger partial charge in [-0.3, -0.25) is 0 Å². The summed E-state index contributed by atoms with van der Waals surface area (Å²) in [7, 11) is 1.65. The highest BCUT2D eigenvalue weighted by Crippen LogP contribution is 2.17. The molecule has 0 fully saturated rings. The minimum atomic E-state index is -0.350. The molecule has 0 aliphatic rings. The lowest BCUT2D eigenvalue weighted by Gasteiger charge is -2.21. The Morgan fingerprint density at radius 2 is 1.93 bits per heavy atom. The van der Waals surface area contributed by atoms with Gasteiger partial charge in [0.25, 0.3) is 0 Å².